The predicted molar refractivity (Wildman–Crippen MR) is 72.2 cm³/mol. The van der Waals surface area contributed by atoms with Crippen molar-refractivity contribution in [1.82, 2.24) is 4.90 Å². The first-order chi connectivity index (χ1) is 8.52. The fourth-order valence-electron chi connectivity index (χ4n) is 1.90. The highest BCUT2D eigenvalue weighted by Gasteiger charge is 2.11. The number of rotatable bonds is 7. The van der Waals surface area contributed by atoms with Crippen molar-refractivity contribution in [1.29, 1.82) is 0 Å². The second kappa shape index (κ2) is 7.01. The molecule has 0 aliphatic rings. The lowest BCUT2D eigenvalue weighted by Gasteiger charge is -2.21. The van der Waals surface area contributed by atoms with E-state index in [9.17, 15) is 9.90 Å². The van der Waals surface area contributed by atoms with Gasteiger partial charge in [-0.2, -0.15) is 0 Å². The van der Waals surface area contributed by atoms with Gasteiger partial charge < -0.3 is 10.8 Å². The summed E-state index contributed by atoms with van der Waals surface area (Å²) in [6.45, 7) is 5.68. The minimum absolute atomic E-state index is 0.230. The number of benzene rings is 1. The number of primary amides is 1. The summed E-state index contributed by atoms with van der Waals surface area (Å²) in [6.07, 6.45) is 2.08. The van der Waals surface area contributed by atoms with Gasteiger partial charge in [0.05, 0.1) is 6.54 Å². The number of carbonyl (C=O) groups excluding carboxylic acids is 1. The first-order valence-corrected chi connectivity index (χ1v) is 6.32. The van der Waals surface area contributed by atoms with Gasteiger partial charge in [-0.1, -0.05) is 31.0 Å². The number of phenolic OH excluding ortho intramolecular Hbond substituents is 1. The van der Waals surface area contributed by atoms with Gasteiger partial charge >= 0.3 is 0 Å². The molecule has 1 amide bonds. The van der Waals surface area contributed by atoms with Crippen molar-refractivity contribution in [3.8, 4) is 5.75 Å². The molecule has 0 unspecified atom stereocenters. The zero-order chi connectivity index (χ0) is 13.5. The van der Waals surface area contributed by atoms with Crippen LogP contribution in [0.1, 0.15) is 30.9 Å². The van der Waals surface area contributed by atoms with Crippen LogP contribution >= 0.6 is 0 Å². The molecule has 0 aromatic heterocycles. The van der Waals surface area contributed by atoms with Crippen LogP contribution in [-0.2, 0) is 11.3 Å². The fourth-order valence-corrected chi connectivity index (χ4v) is 1.90. The Labute approximate surface area is 108 Å². The van der Waals surface area contributed by atoms with Crippen LogP contribution in [0, 0.1) is 6.92 Å². The van der Waals surface area contributed by atoms with Crippen LogP contribution in [0.3, 0.4) is 0 Å². The number of nitrogens with zero attached hydrogens (tertiary/aromatic N) is 1. The van der Waals surface area contributed by atoms with Crippen LogP contribution in [0.5, 0.6) is 5.75 Å². The average molecular weight is 250 g/mol. The van der Waals surface area contributed by atoms with Crippen LogP contribution < -0.4 is 5.73 Å². The second-order valence-corrected chi connectivity index (χ2v) is 4.66. The van der Waals surface area contributed by atoms with E-state index < -0.39 is 0 Å². The van der Waals surface area contributed by atoms with Crippen molar-refractivity contribution < 1.29 is 9.90 Å². The average Bonchev–Trinajstić information content (AvgIpc) is 2.30. The van der Waals surface area contributed by atoms with Gasteiger partial charge in [-0.05, 0) is 26.0 Å². The molecular formula is C14H22N2O2. The van der Waals surface area contributed by atoms with Crippen molar-refractivity contribution in [2.45, 2.75) is 33.2 Å². The summed E-state index contributed by atoms with van der Waals surface area (Å²) in [5, 5.41) is 9.80. The number of amides is 1. The van der Waals surface area contributed by atoms with E-state index >= 15 is 0 Å². The Kier molecular flexibility index (Phi) is 5.65. The molecule has 0 aliphatic heterocycles. The number of carbonyl (C=O) groups is 1. The molecule has 0 radical (unpaired) electrons. The summed E-state index contributed by atoms with van der Waals surface area (Å²) in [5.41, 5.74) is 7.18. The number of nitrogens with two attached hydrogens (primary N) is 1. The molecule has 0 fully saturated rings. The van der Waals surface area contributed by atoms with E-state index in [1.54, 1.807) is 6.07 Å². The highest BCUT2D eigenvalue weighted by atomic mass is 16.3. The smallest absolute Gasteiger partial charge is 0.231 e. The molecular weight excluding hydrogens is 228 g/mol. The molecule has 0 heterocycles. The highest BCUT2D eigenvalue weighted by molar-refractivity contribution is 5.75. The summed E-state index contributed by atoms with van der Waals surface area (Å²) in [7, 11) is 0. The fraction of sp³-hybridized carbons (Fsp3) is 0.500. The molecule has 100 valence electrons. The third kappa shape index (κ3) is 4.75. The number of aryl methyl sites for hydroxylation is 1. The van der Waals surface area contributed by atoms with Gasteiger partial charge in [0.2, 0.25) is 5.91 Å². The SMILES string of the molecule is CCCCN(CC(N)=O)Cc1cc(C)ccc1O. The van der Waals surface area contributed by atoms with E-state index in [4.69, 9.17) is 5.73 Å². The first kappa shape index (κ1) is 14.5. The first-order valence-electron chi connectivity index (χ1n) is 6.32. The van der Waals surface area contributed by atoms with Crippen molar-refractivity contribution in [3.63, 3.8) is 0 Å². The lowest BCUT2D eigenvalue weighted by Crippen LogP contribution is -2.34. The van der Waals surface area contributed by atoms with Gasteiger partial charge in [0.15, 0.2) is 0 Å². The standard InChI is InChI=1S/C14H22N2O2/c1-3-4-7-16(10-14(15)18)9-12-8-11(2)5-6-13(12)17/h5-6,8,17H,3-4,7,9-10H2,1-2H3,(H2,15,18). The maximum Gasteiger partial charge on any atom is 0.231 e. The summed E-state index contributed by atoms with van der Waals surface area (Å²) in [4.78, 5) is 13.0. The molecule has 0 saturated heterocycles. The molecule has 0 bridgehead atoms. The largest absolute Gasteiger partial charge is 0.508 e. The Balaban J connectivity index is 2.74. The van der Waals surface area contributed by atoms with E-state index in [0.29, 0.717) is 6.54 Å². The number of hydrogen-bond acceptors (Lipinski definition) is 3. The summed E-state index contributed by atoms with van der Waals surface area (Å²) in [5.74, 6) is -0.0650. The Hall–Kier alpha value is -1.55. The van der Waals surface area contributed by atoms with Crippen LogP contribution in [-0.4, -0.2) is 29.0 Å². The molecule has 0 saturated carbocycles. The summed E-state index contributed by atoms with van der Waals surface area (Å²) < 4.78 is 0. The quantitative estimate of drug-likeness (QED) is 0.775. The molecule has 4 heteroatoms. The Bertz CT molecular complexity index is 405. The monoisotopic (exact) mass is 250 g/mol. The molecule has 1 rings (SSSR count). The van der Waals surface area contributed by atoms with E-state index in [1.807, 2.05) is 24.0 Å². The number of aromatic hydroxyl groups is 1. The van der Waals surface area contributed by atoms with Crippen molar-refractivity contribution >= 4 is 5.91 Å². The van der Waals surface area contributed by atoms with Crippen LogP contribution in [0.15, 0.2) is 18.2 Å². The normalized spacial score (nSPS) is 10.8. The summed E-state index contributed by atoms with van der Waals surface area (Å²) in [6, 6.07) is 5.49. The third-order valence-corrected chi connectivity index (χ3v) is 2.84. The Morgan fingerprint density at radius 2 is 2.17 bits per heavy atom. The van der Waals surface area contributed by atoms with Gasteiger partial charge in [-0.15, -0.1) is 0 Å². The maximum absolute atomic E-state index is 11.0. The van der Waals surface area contributed by atoms with Gasteiger partial charge in [0.25, 0.3) is 0 Å². The molecule has 1 aromatic rings. The second-order valence-electron chi connectivity index (χ2n) is 4.66. The molecule has 18 heavy (non-hydrogen) atoms. The number of hydrogen-bond donors (Lipinski definition) is 2. The molecule has 1 aromatic carbocycles. The van der Waals surface area contributed by atoms with Gasteiger partial charge in [0, 0.05) is 12.1 Å². The van der Waals surface area contributed by atoms with Gasteiger partial charge in [-0.3, -0.25) is 9.69 Å². The van der Waals surface area contributed by atoms with Crippen LogP contribution in [0.25, 0.3) is 0 Å². The van der Waals surface area contributed by atoms with E-state index in [0.717, 1.165) is 30.5 Å². The minimum Gasteiger partial charge on any atom is -0.508 e. The zero-order valence-electron chi connectivity index (χ0n) is 11.1. The van der Waals surface area contributed by atoms with Crippen LogP contribution in [0.4, 0.5) is 0 Å². The molecule has 4 nitrogen and oxygen atoms in total. The molecule has 0 spiro atoms. The maximum atomic E-state index is 11.0. The summed E-state index contributed by atoms with van der Waals surface area (Å²) >= 11 is 0. The van der Waals surface area contributed by atoms with Crippen molar-refractivity contribution in [2.24, 2.45) is 5.73 Å². The van der Waals surface area contributed by atoms with E-state index in [1.165, 1.54) is 0 Å². The van der Waals surface area contributed by atoms with Gasteiger partial charge in [0.1, 0.15) is 5.75 Å². The topological polar surface area (TPSA) is 66.6 Å². The van der Waals surface area contributed by atoms with Gasteiger partial charge in [-0.25, -0.2) is 0 Å². The van der Waals surface area contributed by atoms with Crippen LogP contribution in [0.2, 0.25) is 0 Å². The van der Waals surface area contributed by atoms with Crippen molar-refractivity contribution in [2.75, 3.05) is 13.1 Å². The molecule has 0 atom stereocenters. The molecule has 0 aliphatic carbocycles. The number of phenols is 1. The molecule has 3 N–H and O–H groups in total. The highest BCUT2D eigenvalue weighted by Crippen LogP contribution is 2.20. The number of unbranched alkanes of at least 4 members (excludes halogenated alkanes) is 1. The predicted octanol–water partition coefficient (Wildman–Crippen LogP) is 1.79. The van der Waals surface area contributed by atoms with E-state index in [-0.39, 0.29) is 18.2 Å². The zero-order valence-corrected chi connectivity index (χ0v) is 11.1. The Morgan fingerprint density at radius 1 is 1.44 bits per heavy atom. The lowest BCUT2D eigenvalue weighted by molar-refractivity contribution is -0.119. The van der Waals surface area contributed by atoms with E-state index in [2.05, 4.69) is 6.92 Å². The third-order valence-electron chi connectivity index (χ3n) is 2.84. The Morgan fingerprint density at radius 3 is 2.78 bits per heavy atom. The lowest BCUT2D eigenvalue weighted by atomic mass is 10.1. The minimum atomic E-state index is -0.335. The van der Waals surface area contributed by atoms with Crippen molar-refractivity contribution in [3.05, 3.63) is 29.3 Å².